The third-order valence-corrected chi connectivity index (χ3v) is 8.04. The maximum absolute atomic E-state index is 11.4. The molecule has 0 aliphatic heterocycles. The quantitative estimate of drug-likeness (QED) is 0.0547. The third kappa shape index (κ3) is 10.4. The molecule has 0 radical (unpaired) electrons. The third-order valence-electron chi connectivity index (χ3n) is 8.04. The molecular formula is C41H49NO5. The lowest BCUT2D eigenvalue weighted by Crippen LogP contribution is -2.10. The highest BCUT2D eigenvalue weighted by Gasteiger charge is 2.14. The molecule has 0 fully saturated rings. The predicted molar refractivity (Wildman–Crippen MR) is 194 cm³/mol. The zero-order chi connectivity index (χ0) is 33.3. The summed E-state index contributed by atoms with van der Waals surface area (Å²) in [4.78, 5) is 13.7. The van der Waals surface area contributed by atoms with Crippen LogP contribution in [0.1, 0.15) is 86.7 Å². The first kappa shape index (κ1) is 35.1. The summed E-state index contributed by atoms with van der Waals surface area (Å²) in [5.74, 6) is 2.87. The monoisotopic (exact) mass is 635 g/mol. The normalized spacial score (nSPS) is 11.0. The van der Waals surface area contributed by atoms with Crippen LogP contribution < -0.4 is 23.8 Å². The van der Waals surface area contributed by atoms with Crippen molar-refractivity contribution >= 4 is 35.5 Å². The highest BCUT2D eigenvalue weighted by atomic mass is 16.5. The Bertz CT molecular complexity index is 1470. The Balaban J connectivity index is 1.56. The first-order chi connectivity index (χ1) is 23.1. The Labute approximate surface area is 280 Å². The molecule has 0 saturated carbocycles. The van der Waals surface area contributed by atoms with Gasteiger partial charge in [0.25, 0.3) is 0 Å². The Morgan fingerprint density at radius 2 is 1.00 bits per heavy atom. The zero-order valence-electron chi connectivity index (χ0n) is 28.4. The number of carbonyl (C=O) groups excluding carboxylic acids is 1. The van der Waals surface area contributed by atoms with Crippen LogP contribution in [0.15, 0.2) is 84.9 Å². The number of unbranched alkanes of at least 4 members (excludes halogenated alkanes) is 6. The van der Waals surface area contributed by atoms with Gasteiger partial charge in [0.15, 0.2) is 6.29 Å². The molecule has 0 N–H and O–H groups in total. The van der Waals surface area contributed by atoms with Crippen LogP contribution in [0.5, 0.6) is 23.0 Å². The number of methoxy groups -OCH3 is 2. The smallest absolute Gasteiger partial charge is 0.153 e. The molecule has 6 heteroatoms. The van der Waals surface area contributed by atoms with Crippen molar-refractivity contribution in [2.75, 3.05) is 32.3 Å². The molecule has 0 bridgehead atoms. The Kier molecular flexibility index (Phi) is 14.3. The van der Waals surface area contributed by atoms with E-state index in [1.165, 1.54) is 38.5 Å². The number of ether oxygens (including phenoxy) is 4. The van der Waals surface area contributed by atoms with E-state index in [4.69, 9.17) is 18.9 Å². The van der Waals surface area contributed by atoms with E-state index >= 15 is 0 Å². The molecule has 0 amide bonds. The molecule has 6 nitrogen and oxygen atoms in total. The van der Waals surface area contributed by atoms with Gasteiger partial charge < -0.3 is 23.8 Å². The van der Waals surface area contributed by atoms with Crippen molar-refractivity contribution in [1.29, 1.82) is 0 Å². The van der Waals surface area contributed by atoms with E-state index in [1.807, 2.05) is 42.5 Å². The Morgan fingerprint density at radius 3 is 1.45 bits per heavy atom. The van der Waals surface area contributed by atoms with Gasteiger partial charge in [0.1, 0.15) is 23.0 Å². The lowest BCUT2D eigenvalue weighted by atomic mass is 10.1. The molecule has 0 unspecified atom stereocenters. The van der Waals surface area contributed by atoms with E-state index in [2.05, 4.69) is 67.3 Å². The molecule has 4 aromatic rings. The summed E-state index contributed by atoms with van der Waals surface area (Å²) in [6, 6.07) is 28.5. The second-order valence-electron chi connectivity index (χ2n) is 11.5. The lowest BCUT2D eigenvalue weighted by Gasteiger charge is -2.26. The Hall–Kier alpha value is -4.71. The molecule has 0 saturated heterocycles. The van der Waals surface area contributed by atoms with Crippen molar-refractivity contribution in [2.45, 2.75) is 65.2 Å². The fourth-order valence-electron chi connectivity index (χ4n) is 5.36. The van der Waals surface area contributed by atoms with Crippen LogP contribution in [-0.4, -0.2) is 33.7 Å². The first-order valence-corrected chi connectivity index (χ1v) is 16.8. The summed E-state index contributed by atoms with van der Waals surface area (Å²) in [7, 11) is 3.15. The number of anilines is 3. The summed E-state index contributed by atoms with van der Waals surface area (Å²) >= 11 is 0. The van der Waals surface area contributed by atoms with Gasteiger partial charge in [-0.05, 0) is 91.2 Å². The summed E-state index contributed by atoms with van der Waals surface area (Å²) in [6.07, 6.45) is 14.2. The SMILES string of the molecule is CCCCCCOc1ccc(N(c2ccc(/C=C/c3cc(OC)c(C=O)cc3OC)cc2)c2ccc(OCCCCCC)cc2)cc1. The van der Waals surface area contributed by atoms with E-state index < -0.39 is 0 Å². The summed E-state index contributed by atoms with van der Waals surface area (Å²) in [6.45, 7) is 5.91. The van der Waals surface area contributed by atoms with Crippen molar-refractivity contribution in [3.8, 4) is 23.0 Å². The van der Waals surface area contributed by atoms with Crippen LogP contribution in [0, 0.1) is 0 Å². The second kappa shape index (κ2) is 19.1. The van der Waals surface area contributed by atoms with Gasteiger partial charge in [-0.3, -0.25) is 4.79 Å². The molecule has 0 aromatic heterocycles. The van der Waals surface area contributed by atoms with Crippen molar-refractivity contribution in [1.82, 2.24) is 0 Å². The summed E-state index contributed by atoms with van der Waals surface area (Å²) in [5.41, 5.74) is 5.38. The van der Waals surface area contributed by atoms with E-state index in [0.717, 1.165) is 72.0 Å². The number of benzene rings is 4. The van der Waals surface area contributed by atoms with Crippen LogP contribution in [0.2, 0.25) is 0 Å². The van der Waals surface area contributed by atoms with Crippen molar-refractivity contribution in [3.63, 3.8) is 0 Å². The van der Waals surface area contributed by atoms with Crippen molar-refractivity contribution < 1.29 is 23.7 Å². The van der Waals surface area contributed by atoms with Gasteiger partial charge in [0.05, 0.1) is 33.0 Å². The van der Waals surface area contributed by atoms with Gasteiger partial charge in [-0.2, -0.15) is 0 Å². The molecule has 4 aromatic carbocycles. The van der Waals surface area contributed by atoms with E-state index in [-0.39, 0.29) is 0 Å². The minimum Gasteiger partial charge on any atom is -0.496 e. The largest absolute Gasteiger partial charge is 0.496 e. The first-order valence-electron chi connectivity index (χ1n) is 16.8. The fraction of sp³-hybridized carbons (Fsp3) is 0.341. The molecule has 0 atom stereocenters. The number of hydrogen-bond acceptors (Lipinski definition) is 6. The van der Waals surface area contributed by atoms with Crippen LogP contribution in [0.25, 0.3) is 12.2 Å². The van der Waals surface area contributed by atoms with Gasteiger partial charge in [0, 0.05) is 22.6 Å². The maximum atomic E-state index is 11.4. The average molecular weight is 636 g/mol. The number of aldehydes is 1. The molecule has 47 heavy (non-hydrogen) atoms. The van der Waals surface area contributed by atoms with E-state index in [0.29, 0.717) is 17.1 Å². The van der Waals surface area contributed by atoms with Crippen molar-refractivity contribution in [2.24, 2.45) is 0 Å². The molecule has 0 aliphatic rings. The van der Waals surface area contributed by atoms with Crippen molar-refractivity contribution in [3.05, 3.63) is 102 Å². The number of nitrogens with zero attached hydrogens (tertiary/aromatic N) is 1. The zero-order valence-corrected chi connectivity index (χ0v) is 28.4. The van der Waals surface area contributed by atoms with Crippen LogP contribution in [0.3, 0.4) is 0 Å². The molecule has 0 spiro atoms. The second-order valence-corrected chi connectivity index (χ2v) is 11.5. The van der Waals surface area contributed by atoms with E-state index in [9.17, 15) is 4.79 Å². The lowest BCUT2D eigenvalue weighted by molar-refractivity contribution is 0.112. The van der Waals surface area contributed by atoms with Gasteiger partial charge in [-0.25, -0.2) is 0 Å². The van der Waals surface area contributed by atoms with Crippen LogP contribution >= 0.6 is 0 Å². The fourth-order valence-corrected chi connectivity index (χ4v) is 5.36. The number of rotatable bonds is 20. The highest BCUT2D eigenvalue weighted by molar-refractivity contribution is 5.84. The summed E-state index contributed by atoms with van der Waals surface area (Å²) < 4.78 is 23.0. The molecular weight excluding hydrogens is 586 g/mol. The molecule has 0 heterocycles. The number of carbonyl (C=O) groups is 1. The number of hydrogen-bond donors (Lipinski definition) is 0. The van der Waals surface area contributed by atoms with Gasteiger partial charge in [-0.15, -0.1) is 0 Å². The minimum absolute atomic E-state index is 0.448. The minimum atomic E-state index is 0.448. The average Bonchev–Trinajstić information content (AvgIpc) is 3.12. The maximum Gasteiger partial charge on any atom is 0.153 e. The summed E-state index contributed by atoms with van der Waals surface area (Å²) in [5, 5.41) is 0. The predicted octanol–water partition coefficient (Wildman–Crippen LogP) is 11.1. The Morgan fingerprint density at radius 1 is 0.553 bits per heavy atom. The van der Waals surface area contributed by atoms with E-state index in [1.54, 1.807) is 20.3 Å². The van der Waals surface area contributed by atoms with Gasteiger partial charge in [0.2, 0.25) is 0 Å². The van der Waals surface area contributed by atoms with Crippen LogP contribution in [-0.2, 0) is 0 Å². The standard InChI is InChI=1S/C41H49NO5/c1-5-7-9-11-27-46-38-23-19-36(20-24-38)42(37-21-25-39(26-22-37)47-28-12-10-8-6-2)35-17-14-32(15-18-35)13-16-33-29-41(45-4)34(31-43)30-40(33)44-3/h13-26,29-31H,5-12,27-28H2,1-4H3/b16-13+. The molecule has 248 valence electrons. The topological polar surface area (TPSA) is 57.2 Å². The van der Waals surface area contributed by atoms with Gasteiger partial charge >= 0.3 is 0 Å². The van der Waals surface area contributed by atoms with Gasteiger partial charge in [-0.1, -0.05) is 76.7 Å². The molecule has 0 aliphatic carbocycles. The van der Waals surface area contributed by atoms with Crippen LogP contribution in [0.4, 0.5) is 17.1 Å². The molecule has 4 rings (SSSR count). The highest BCUT2D eigenvalue weighted by Crippen LogP contribution is 2.37.